The first-order valence-electron chi connectivity index (χ1n) is 5.95. The summed E-state index contributed by atoms with van der Waals surface area (Å²) >= 11 is 0. The Hall–Kier alpha value is -1.55. The van der Waals surface area contributed by atoms with Gasteiger partial charge in [0.2, 0.25) is 0 Å². The molecule has 4 heteroatoms. The van der Waals surface area contributed by atoms with Crippen LogP contribution in [-0.4, -0.2) is 30.3 Å². The van der Waals surface area contributed by atoms with Crippen molar-refractivity contribution >= 4 is 5.97 Å². The Bertz CT molecular complexity index is 371. The van der Waals surface area contributed by atoms with Gasteiger partial charge in [0.25, 0.3) is 0 Å². The van der Waals surface area contributed by atoms with Crippen LogP contribution < -0.4 is 10.1 Å². The highest BCUT2D eigenvalue weighted by molar-refractivity contribution is 5.87. The van der Waals surface area contributed by atoms with Crippen LogP contribution in [0.1, 0.15) is 29.6 Å². The molecular weight excluding hydrogens is 218 g/mol. The third kappa shape index (κ3) is 3.46. The molecule has 2 rings (SSSR count). The van der Waals surface area contributed by atoms with Gasteiger partial charge in [-0.1, -0.05) is 6.42 Å². The Balaban J connectivity index is 1.69. The van der Waals surface area contributed by atoms with Gasteiger partial charge < -0.3 is 15.2 Å². The van der Waals surface area contributed by atoms with Crippen LogP contribution in [0.25, 0.3) is 0 Å². The molecule has 0 heterocycles. The monoisotopic (exact) mass is 235 g/mol. The normalized spacial score (nSPS) is 15.3. The molecule has 0 atom stereocenters. The van der Waals surface area contributed by atoms with Crippen molar-refractivity contribution in [2.24, 2.45) is 0 Å². The quantitative estimate of drug-likeness (QED) is 0.739. The molecule has 0 aromatic heterocycles. The second-order valence-electron chi connectivity index (χ2n) is 4.26. The molecule has 0 saturated heterocycles. The van der Waals surface area contributed by atoms with E-state index in [2.05, 4.69) is 5.32 Å². The number of hydrogen-bond acceptors (Lipinski definition) is 3. The van der Waals surface area contributed by atoms with Gasteiger partial charge in [0.15, 0.2) is 0 Å². The molecule has 0 aliphatic heterocycles. The summed E-state index contributed by atoms with van der Waals surface area (Å²) in [5.74, 6) is -0.200. The Morgan fingerprint density at radius 1 is 1.35 bits per heavy atom. The summed E-state index contributed by atoms with van der Waals surface area (Å²) in [7, 11) is 0. The lowest BCUT2D eigenvalue weighted by atomic mass is 9.93. The van der Waals surface area contributed by atoms with E-state index in [1.807, 2.05) is 0 Å². The van der Waals surface area contributed by atoms with Crippen molar-refractivity contribution in [2.45, 2.75) is 25.3 Å². The van der Waals surface area contributed by atoms with E-state index in [-0.39, 0.29) is 5.56 Å². The molecule has 17 heavy (non-hydrogen) atoms. The highest BCUT2D eigenvalue weighted by Gasteiger charge is 2.15. The lowest BCUT2D eigenvalue weighted by Crippen LogP contribution is -2.37. The molecule has 1 aliphatic carbocycles. The van der Waals surface area contributed by atoms with Crippen LogP contribution in [0.2, 0.25) is 0 Å². The van der Waals surface area contributed by atoms with Crippen molar-refractivity contribution in [1.82, 2.24) is 5.32 Å². The maximum absolute atomic E-state index is 10.6. The molecule has 0 bridgehead atoms. The standard InChI is InChI=1S/C13H17NO3/c15-13(16)10-4-6-12(7-5-10)17-9-8-14-11-2-1-3-11/h4-7,11,14H,1-3,8-9H2,(H,15,16). The summed E-state index contributed by atoms with van der Waals surface area (Å²) < 4.78 is 5.50. The van der Waals surface area contributed by atoms with E-state index < -0.39 is 5.97 Å². The molecule has 1 saturated carbocycles. The number of carboxylic acids is 1. The average Bonchev–Trinajstić information content (AvgIpc) is 2.27. The average molecular weight is 235 g/mol. The van der Waals surface area contributed by atoms with Gasteiger partial charge >= 0.3 is 5.97 Å². The van der Waals surface area contributed by atoms with Crippen molar-refractivity contribution in [1.29, 1.82) is 0 Å². The molecular formula is C13H17NO3. The van der Waals surface area contributed by atoms with E-state index in [1.165, 1.54) is 19.3 Å². The van der Waals surface area contributed by atoms with Crippen molar-refractivity contribution < 1.29 is 14.6 Å². The van der Waals surface area contributed by atoms with Crippen LogP contribution in [0.4, 0.5) is 0 Å². The first kappa shape index (κ1) is 11.9. The van der Waals surface area contributed by atoms with Crippen molar-refractivity contribution in [3.05, 3.63) is 29.8 Å². The predicted octanol–water partition coefficient (Wildman–Crippen LogP) is 1.91. The van der Waals surface area contributed by atoms with Gasteiger partial charge in [0.05, 0.1) is 5.56 Å². The Morgan fingerprint density at radius 2 is 2.06 bits per heavy atom. The fourth-order valence-corrected chi connectivity index (χ4v) is 1.74. The van der Waals surface area contributed by atoms with E-state index in [1.54, 1.807) is 24.3 Å². The summed E-state index contributed by atoms with van der Waals surface area (Å²) in [5, 5.41) is 12.1. The van der Waals surface area contributed by atoms with Crippen LogP contribution in [0.5, 0.6) is 5.75 Å². The second-order valence-corrected chi connectivity index (χ2v) is 4.26. The number of benzene rings is 1. The van der Waals surface area contributed by atoms with Gasteiger partial charge in [-0.15, -0.1) is 0 Å². The van der Waals surface area contributed by atoms with Crippen LogP contribution in [-0.2, 0) is 0 Å². The minimum Gasteiger partial charge on any atom is -0.492 e. The van der Waals surface area contributed by atoms with Gasteiger partial charge in [-0.2, -0.15) is 0 Å². The van der Waals surface area contributed by atoms with Gasteiger partial charge in [-0.3, -0.25) is 0 Å². The number of hydrogen-bond donors (Lipinski definition) is 2. The lowest BCUT2D eigenvalue weighted by molar-refractivity contribution is 0.0697. The molecule has 1 fully saturated rings. The summed E-state index contributed by atoms with van der Waals surface area (Å²) in [4.78, 5) is 10.6. The maximum Gasteiger partial charge on any atom is 0.335 e. The summed E-state index contributed by atoms with van der Waals surface area (Å²) in [6.45, 7) is 1.45. The van der Waals surface area contributed by atoms with E-state index in [0.717, 1.165) is 6.54 Å². The number of carbonyl (C=O) groups is 1. The molecule has 2 N–H and O–H groups in total. The maximum atomic E-state index is 10.6. The highest BCUT2D eigenvalue weighted by Crippen LogP contribution is 2.17. The van der Waals surface area contributed by atoms with Crippen LogP contribution in [0, 0.1) is 0 Å². The molecule has 0 amide bonds. The highest BCUT2D eigenvalue weighted by atomic mass is 16.5. The van der Waals surface area contributed by atoms with Gasteiger partial charge in [0.1, 0.15) is 12.4 Å². The second kappa shape index (κ2) is 5.68. The lowest BCUT2D eigenvalue weighted by Gasteiger charge is -2.26. The largest absolute Gasteiger partial charge is 0.492 e. The minimum atomic E-state index is -0.914. The SMILES string of the molecule is O=C(O)c1ccc(OCCNC2CCC2)cc1. The van der Waals surface area contributed by atoms with E-state index in [4.69, 9.17) is 9.84 Å². The zero-order valence-electron chi connectivity index (χ0n) is 9.69. The van der Waals surface area contributed by atoms with Gasteiger partial charge in [-0.25, -0.2) is 4.79 Å². The molecule has 92 valence electrons. The van der Waals surface area contributed by atoms with Crippen molar-refractivity contribution in [3.63, 3.8) is 0 Å². The molecule has 1 aliphatic rings. The molecule has 0 radical (unpaired) electrons. The summed E-state index contributed by atoms with van der Waals surface area (Å²) in [6, 6.07) is 7.15. The number of carboxylic acid groups (broad SMARTS) is 1. The molecule has 0 unspecified atom stereocenters. The molecule has 0 spiro atoms. The molecule has 4 nitrogen and oxygen atoms in total. The zero-order valence-corrected chi connectivity index (χ0v) is 9.69. The molecule has 1 aromatic carbocycles. The van der Waals surface area contributed by atoms with Crippen molar-refractivity contribution in [3.8, 4) is 5.75 Å². The Labute approximate surface area is 101 Å². The topological polar surface area (TPSA) is 58.6 Å². The minimum absolute atomic E-state index is 0.282. The first-order valence-corrected chi connectivity index (χ1v) is 5.95. The fourth-order valence-electron chi connectivity index (χ4n) is 1.74. The Kier molecular flexibility index (Phi) is 3.98. The summed E-state index contributed by atoms with van der Waals surface area (Å²) in [5.41, 5.74) is 0.282. The number of ether oxygens (including phenoxy) is 1. The third-order valence-electron chi connectivity index (χ3n) is 3.01. The fraction of sp³-hybridized carbons (Fsp3) is 0.462. The Morgan fingerprint density at radius 3 is 2.59 bits per heavy atom. The van der Waals surface area contributed by atoms with Crippen LogP contribution in [0.15, 0.2) is 24.3 Å². The number of nitrogens with one attached hydrogen (secondary N) is 1. The smallest absolute Gasteiger partial charge is 0.335 e. The first-order chi connectivity index (χ1) is 8.25. The van der Waals surface area contributed by atoms with Crippen LogP contribution in [0.3, 0.4) is 0 Å². The van der Waals surface area contributed by atoms with E-state index >= 15 is 0 Å². The van der Waals surface area contributed by atoms with E-state index in [0.29, 0.717) is 18.4 Å². The van der Waals surface area contributed by atoms with Crippen molar-refractivity contribution in [2.75, 3.05) is 13.2 Å². The third-order valence-corrected chi connectivity index (χ3v) is 3.01. The molecule has 1 aromatic rings. The predicted molar refractivity (Wildman–Crippen MR) is 64.5 cm³/mol. The number of rotatable bonds is 6. The zero-order chi connectivity index (χ0) is 12.1. The van der Waals surface area contributed by atoms with Gasteiger partial charge in [-0.05, 0) is 37.1 Å². The summed E-state index contributed by atoms with van der Waals surface area (Å²) in [6.07, 6.45) is 3.87. The van der Waals surface area contributed by atoms with Gasteiger partial charge in [0, 0.05) is 12.6 Å². The van der Waals surface area contributed by atoms with Crippen LogP contribution >= 0.6 is 0 Å². The van der Waals surface area contributed by atoms with E-state index in [9.17, 15) is 4.79 Å². The number of aromatic carboxylic acids is 1.